The van der Waals surface area contributed by atoms with Crippen LogP contribution in [0.3, 0.4) is 0 Å². The highest BCUT2D eigenvalue weighted by Crippen LogP contribution is 2.27. The van der Waals surface area contributed by atoms with Crippen LogP contribution in [0.2, 0.25) is 0 Å². The van der Waals surface area contributed by atoms with Gasteiger partial charge in [0.25, 0.3) is 5.91 Å². The van der Waals surface area contributed by atoms with Gasteiger partial charge in [0.1, 0.15) is 5.75 Å². The molecule has 0 spiro atoms. The van der Waals surface area contributed by atoms with Crippen molar-refractivity contribution in [2.45, 2.75) is 32.4 Å². The Bertz CT molecular complexity index is 484. The Labute approximate surface area is 134 Å². The fourth-order valence-corrected chi connectivity index (χ4v) is 2.77. The molecule has 20 heavy (non-hydrogen) atoms. The number of nitrogens with two attached hydrogens (primary N) is 1. The largest absolute Gasteiger partial charge is 0.480 e. The highest BCUT2D eigenvalue weighted by Gasteiger charge is 2.28. The van der Waals surface area contributed by atoms with E-state index in [1.54, 1.807) is 11.8 Å². The van der Waals surface area contributed by atoms with Crippen LogP contribution in [0, 0.1) is 6.92 Å². The van der Waals surface area contributed by atoms with Gasteiger partial charge in [0.15, 0.2) is 6.10 Å². The van der Waals surface area contributed by atoms with Crippen LogP contribution in [0.5, 0.6) is 5.75 Å². The van der Waals surface area contributed by atoms with Gasteiger partial charge in [0.2, 0.25) is 0 Å². The molecule has 1 aromatic carbocycles. The number of amides is 1. The third kappa shape index (κ3) is 4.11. The maximum absolute atomic E-state index is 12.2. The van der Waals surface area contributed by atoms with Gasteiger partial charge in [-0.15, -0.1) is 12.4 Å². The van der Waals surface area contributed by atoms with E-state index in [0.717, 1.165) is 23.0 Å². The standard InChI is InChI=1S/C14H19BrN2O2.ClH/c1-9-3-4-13(12(15)7-9)19-10(2)14(18)17-6-5-11(16)8-17;/h3-4,7,10-11H,5-6,8,16H2,1-2H3;1H/t10?,11-;/m0./s1. The molecule has 112 valence electrons. The van der Waals surface area contributed by atoms with E-state index in [1.165, 1.54) is 0 Å². The smallest absolute Gasteiger partial charge is 0.263 e. The molecule has 2 N–H and O–H groups in total. The molecule has 4 nitrogen and oxygen atoms in total. The zero-order valence-electron chi connectivity index (χ0n) is 11.6. The van der Waals surface area contributed by atoms with Crippen LogP contribution in [0.1, 0.15) is 18.9 Å². The average Bonchev–Trinajstić information content (AvgIpc) is 2.78. The zero-order valence-corrected chi connectivity index (χ0v) is 14.0. The molecule has 1 amide bonds. The molecule has 0 radical (unpaired) electrons. The van der Waals surface area contributed by atoms with Crippen LogP contribution < -0.4 is 10.5 Å². The van der Waals surface area contributed by atoms with E-state index in [9.17, 15) is 4.79 Å². The second-order valence-corrected chi connectivity index (χ2v) is 5.88. The van der Waals surface area contributed by atoms with Crippen LogP contribution in [-0.2, 0) is 4.79 Å². The number of hydrogen-bond donors (Lipinski definition) is 1. The minimum absolute atomic E-state index is 0. The van der Waals surface area contributed by atoms with Gasteiger partial charge >= 0.3 is 0 Å². The molecule has 0 aromatic heterocycles. The summed E-state index contributed by atoms with van der Waals surface area (Å²) in [5.74, 6) is 0.690. The van der Waals surface area contributed by atoms with Gasteiger partial charge in [-0.05, 0) is 53.9 Å². The van der Waals surface area contributed by atoms with Crippen LogP contribution in [0.25, 0.3) is 0 Å². The molecule has 1 fully saturated rings. The molecule has 1 heterocycles. The zero-order chi connectivity index (χ0) is 14.0. The number of aryl methyl sites for hydroxylation is 1. The Hall–Kier alpha value is -0.780. The first-order chi connectivity index (χ1) is 8.97. The van der Waals surface area contributed by atoms with E-state index in [1.807, 2.05) is 25.1 Å². The van der Waals surface area contributed by atoms with Crippen LogP contribution in [0.15, 0.2) is 22.7 Å². The van der Waals surface area contributed by atoms with Gasteiger partial charge in [0.05, 0.1) is 4.47 Å². The summed E-state index contributed by atoms with van der Waals surface area (Å²) in [6.45, 7) is 5.14. The number of halogens is 2. The highest BCUT2D eigenvalue weighted by atomic mass is 79.9. The summed E-state index contributed by atoms with van der Waals surface area (Å²) in [5.41, 5.74) is 6.96. The molecule has 0 saturated carbocycles. The average molecular weight is 364 g/mol. The molecule has 1 unspecified atom stereocenters. The monoisotopic (exact) mass is 362 g/mol. The normalized spacial score (nSPS) is 19.4. The lowest BCUT2D eigenvalue weighted by Crippen LogP contribution is -2.40. The molecular formula is C14H20BrClN2O2. The molecule has 2 atom stereocenters. The molecular weight excluding hydrogens is 344 g/mol. The second-order valence-electron chi connectivity index (χ2n) is 5.03. The summed E-state index contributed by atoms with van der Waals surface area (Å²) < 4.78 is 6.60. The lowest BCUT2D eigenvalue weighted by Gasteiger charge is -2.22. The third-order valence-electron chi connectivity index (χ3n) is 3.28. The maximum atomic E-state index is 12.2. The summed E-state index contributed by atoms with van der Waals surface area (Å²) in [4.78, 5) is 14.0. The quantitative estimate of drug-likeness (QED) is 0.898. The van der Waals surface area contributed by atoms with Gasteiger partial charge in [-0.1, -0.05) is 6.07 Å². The van der Waals surface area contributed by atoms with Crippen LogP contribution in [-0.4, -0.2) is 36.0 Å². The number of nitrogens with zero attached hydrogens (tertiary/aromatic N) is 1. The van der Waals surface area contributed by atoms with Crippen molar-refractivity contribution in [2.24, 2.45) is 5.73 Å². The van der Waals surface area contributed by atoms with E-state index < -0.39 is 6.10 Å². The predicted octanol–water partition coefficient (Wildman–Crippen LogP) is 2.51. The summed E-state index contributed by atoms with van der Waals surface area (Å²) >= 11 is 3.45. The molecule has 0 bridgehead atoms. The van der Waals surface area contributed by atoms with Crippen molar-refractivity contribution in [3.63, 3.8) is 0 Å². The minimum atomic E-state index is -0.496. The number of hydrogen-bond acceptors (Lipinski definition) is 3. The second kappa shape index (κ2) is 7.29. The van der Waals surface area contributed by atoms with Crippen molar-refractivity contribution >= 4 is 34.2 Å². The van der Waals surface area contributed by atoms with E-state index in [4.69, 9.17) is 10.5 Å². The predicted molar refractivity (Wildman–Crippen MR) is 85.4 cm³/mol. The van der Waals surface area contributed by atoms with Crippen LogP contribution >= 0.6 is 28.3 Å². The number of carbonyl (C=O) groups excluding carboxylic acids is 1. The summed E-state index contributed by atoms with van der Waals surface area (Å²) in [5, 5.41) is 0. The summed E-state index contributed by atoms with van der Waals surface area (Å²) in [6, 6.07) is 5.91. The van der Waals surface area contributed by atoms with Gasteiger partial charge < -0.3 is 15.4 Å². The van der Waals surface area contributed by atoms with Crippen molar-refractivity contribution in [1.29, 1.82) is 0 Å². The molecule has 1 aromatic rings. The van der Waals surface area contributed by atoms with Crippen molar-refractivity contribution in [1.82, 2.24) is 4.90 Å². The molecule has 0 aliphatic carbocycles. The van der Waals surface area contributed by atoms with E-state index in [2.05, 4.69) is 15.9 Å². The molecule has 1 saturated heterocycles. The van der Waals surface area contributed by atoms with E-state index in [-0.39, 0.29) is 24.4 Å². The van der Waals surface area contributed by atoms with Crippen molar-refractivity contribution in [3.8, 4) is 5.75 Å². The molecule has 2 rings (SSSR count). The number of benzene rings is 1. The fourth-order valence-electron chi connectivity index (χ4n) is 2.19. The number of likely N-dealkylation sites (tertiary alicyclic amines) is 1. The van der Waals surface area contributed by atoms with Crippen molar-refractivity contribution in [2.75, 3.05) is 13.1 Å². The van der Waals surface area contributed by atoms with Gasteiger partial charge in [-0.25, -0.2) is 0 Å². The van der Waals surface area contributed by atoms with Gasteiger partial charge in [-0.3, -0.25) is 4.79 Å². The summed E-state index contributed by atoms with van der Waals surface area (Å²) in [7, 11) is 0. The molecule has 1 aliphatic heterocycles. The Morgan fingerprint density at radius 1 is 1.55 bits per heavy atom. The number of carbonyl (C=O) groups is 1. The first-order valence-electron chi connectivity index (χ1n) is 6.44. The van der Waals surface area contributed by atoms with Crippen molar-refractivity contribution < 1.29 is 9.53 Å². The van der Waals surface area contributed by atoms with E-state index >= 15 is 0 Å². The Morgan fingerprint density at radius 3 is 2.80 bits per heavy atom. The van der Waals surface area contributed by atoms with Crippen LogP contribution in [0.4, 0.5) is 0 Å². The van der Waals surface area contributed by atoms with Gasteiger partial charge in [0, 0.05) is 19.1 Å². The SMILES string of the molecule is Cc1ccc(OC(C)C(=O)N2CC[C@H](N)C2)c(Br)c1.Cl. The maximum Gasteiger partial charge on any atom is 0.263 e. The summed E-state index contributed by atoms with van der Waals surface area (Å²) in [6.07, 6.45) is 0.372. The van der Waals surface area contributed by atoms with Crippen molar-refractivity contribution in [3.05, 3.63) is 28.2 Å². The van der Waals surface area contributed by atoms with Gasteiger partial charge in [-0.2, -0.15) is 0 Å². The Kier molecular flexibility index (Phi) is 6.30. The Morgan fingerprint density at radius 2 is 2.25 bits per heavy atom. The minimum Gasteiger partial charge on any atom is -0.480 e. The first kappa shape index (κ1) is 17.3. The number of rotatable bonds is 3. The Balaban J connectivity index is 0.00000200. The fraction of sp³-hybridized carbons (Fsp3) is 0.500. The lowest BCUT2D eigenvalue weighted by molar-refractivity contribution is -0.136. The van der Waals surface area contributed by atoms with E-state index in [0.29, 0.717) is 12.3 Å². The molecule has 6 heteroatoms. The first-order valence-corrected chi connectivity index (χ1v) is 7.24. The number of ether oxygens (including phenoxy) is 1. The lowest BCUT2D eigenvalue weighted by atomic mass is 10.2. The third-order valence-corrected chi connectivity index (χ3v) is 3.89. The molecule has 1 aliphatic rings. The topological polar surface area (TPSA) is 55.6 Å². The highest BCUT2D eigenvalue weighted by molar-refractivity contribution is 9.10.